The van der Waals surface area contributed by atoms with E-state index in [1.54, 1.807) is 0 Å². The zero-order valence-corrected chi connectivity index (χ0v) is 12.2. The molecule has 4 rings (SSSR count). The van der Waals surface area contributed by atoms with Crippen LogP contribution in [0.2, 0.25) is 0 Å². The van der Waals surface area contributed by atoms with Crippen molar-refractivity contribution in [1.29, 1.82) is 0 Å². The SMILES string of the molecule is CC(C)OCC(N)C12CC3CC(CC(C)(C3)C1)C2. The van der Waals surface area contributed by atoms with Crippen LogP contribution in [0.15, 0.2) is 0 Å². The molecule has 4 fully saturated rings. The van der Waals surface area contributed by atoms with E-state index >= 15 is 0 Å². The van der Waals surface area contributed by atoms with Crippen LogP contribution < -0.4 is 5.73 Å². The smallest absolute Gasteiger partial charge is 0.0626 e. The highest BCUT2D eigenvalue weighted by atomic mass is 16.5. The van der Waals surface area contributed by atoms with Gasteiger partial charge in [0.1, 0.15) is 0 Å². The second kappa shape index (κ2) is 4.21. The Morgan fingerprint density at radius 1 is 1.17 bits per heavy atom. The molecule has 3 unspecified atom stereocenters. The van der Waals surface area contributed by atoms with Gasteiger partial charge >= 0.3 is 0 Å². The molecule has 4 saturated carbocycles. The Labute approximate surface area is 112 Å². The molecule has 0 saturated heterocycles. The first kappa shape index (κ1) is 12.9. The average Bonchev–Trinajstić information content (AvgIpc) is 2.22. The van der Waals surface area contributed by atoms with E-state index in [1.807, 2.05) is 0 Å². The molecule has 104 valence electrons. The molecular weight excluding hydrogens is 222 g/mol. The molecule has 18 heavy (non-hydrogen) atoms. The minimum atomic E-state index is 0.255. The highest BCUT2D eigenvalue weighted by Gasteiger charge is 2.57. The van der Waals surface area contributed by atoms with Crippen LogP contribution in [0, 0.1) is 22.7 Å². The monoisotopic (exact) mass is 251 g/mol. The summed E-state index contributed by atoms with van der Waals surface area (Å²) >= 11 is 0. The summed E-state index contributed by atoms with van der Waals surface area (Å²) in [6.45, 7) is 7.48. The van der Waals surface area contributed by atoms with Gasteiger partial charge in [0.05, 0.1) is 12.7 Å². The van der Waals surface area contributed by atoms with Crippen LogP contribution in [0.3, 0.4) is 0 Å². The van der Waals surface area contributed by atoms with Crippen LogP contribution in [-0.2, 0) is 4.74 Å². The van der Waals surface area contributed by atoms with Crippen LogP contribution in [0.4, 0.5) is 0 Å². The molecule has 0 aliphatic heterocycles. The molecule has 4 aliphatic carbocycles. The second-order valence-corrected chi connectivity index (χ2v) is 8.12. The van der Waals surface area contributed by atoms with Crippen molar-refractivity contribution < 1.29 is 4.74 Å². The summed E-state index contributed by atoms with van der Waals surface area (Å²) in [5, 5.41) is 0. The lowest BCUT2D eigenvalue weighted by Gasteiger charge is -2.63. The Balaban J connectivity index is 1.74. The molecule has 2 nitrogen and oxygen atoms in total. The molecule has 4 aliphatic rings. The molecule has 4 bridgehead atoms. The highest BCUT2D eigenvalue weighted by molar-refractivity contribution is 5.09. The summed E-state index contributed by atoms with van der Waals surface area (Å²) in [6, 6.07) is 0.255. The Kier molecular flexibility index (Phi) is 3.02. The van der Waals surface area contributed by atoms with Gasteiger partial charge < -0.3 is 10.5 Å². The van der Waals surface area contributed by atoms with E-state index in [0.29, 0.717) is 16.9 Å². The fourth-order valence-electron chi connectivity index (χ4n) is 5.70. The van der Waals surface area contributed by atoms with Crippen molar-refractivity contribution in [3.8, 4) is 0 Å². The van der Waals surface area contributed by atoms with Gasteiger partial charge in [0.15, 0.2) is 0 Å². The molecular formula is C16H29NO. The molecule has 3 atom stereocenters. The predicted octanol–water partition coefficient (Wildman–Crippen LogP) is 3.35. The van der Waals surface area contributed by atoms with Crippen LogP contribution in [0.25, 0.3) is 0 Å². The topological polar surface area (TPSA) is 35.2 Å². The fraction of sp³-hybridized carbons (Fsp3) is 1.00. The van der Waals surface area contributed by atoms with Gasteiger partial charge in [0.25, 0.3) is 0 Å². The molecule has 0 amide bonds. The number of nitrogens with two attached hydrogens (primary N) is 1. The van der Waals surface area contributed by atoms with E-state index in [-0.39, 0.29) is 6.04 Å². The van der Waals surface area contributed by atoms with Crippen molar-refractivity contribution in [3.05, 3.63) is 0 Å². The van der Waals surface area contributed by atoms with Crippen LogP contribution >= 0.6 is 0 Å². The van der Waals surface area contributed by atoms with E-state index in [4.69, 9.17) is 10.5 Å². The van der Waals surface area contributed by atoms with Crippen LogP contribution in [0.5, 0.6) is 0 Å². The third kappa shape index (κ3) is 2.12. The molecule has 0 spiro atoms. The number of hydrogen-bond acceptors (Lipinski definition) is 2. The third-order valence-electron chi connectivity index (χ3n) is 5.79. The lowest BCUT2D eigenvalue weighted by molar-refractivity contribution is -0.124. The van der Waals surface area contributed by atoms with Gasteiger partial charge in [-0.25, -0.2) is 0 Å². The van der Waals surface area contributed by atoms with Crippen molar-refractivity contribution in [2.45, 2.75) is 71.4 Å². The Hall–Kier alpha value is -0.0800. The predicted molar refractivity (Wildman–Crippen MR) is 74.3 cm³/mol. The number of hydrogen-bond donors (Lipinski definition) is 1. The van der Waals surface area contributed by atoms with Crippen molar-refractivity contribution in [3.63, 3.8) is 0 Å². The van der Waals surface area contributed by atoms with E-state index in [0.717, 1.165) is 18.4 Å². The van der Waals surface area contributed by atoms with E-state index in [1.165, 1.54) is 38.5 Å². The Bertz CT molecular complexity index is 311. The van der Waals surface area contributed by atoms with Gasteiger partial charge in [-0.3, -0.25) is 0 Å². The third-order valence-corrected chi connectivity index (χ3v) is 5.79. The summed E-state index contributed by atoms with van der Waals surface area (Å²) in [5.74, 6) is 1.92. The van der Waals surface area contributed by atoms with Gasteiger partial charge in [-0.2, -0.15) is 0 Å². The van der Waals surface area contributed by atoms with Gasteiger partial charge in [0.2, 0.25) is 0 Å². The fourth-order valence-corrected chi connectivity index (χ4v) is 5.70. The van der Waals surface area contributed by atoms with Gasteiger partial charge in [-0.1, -0.05) is 6.92 Å². The minimum Gasteiger partial charge on any atom is -0.377 e. The highest BCUT2D eigenvalue weighted by Crippen LogP contribution is 2.65. The van der Waals surface area contributed by atoms with Gasteiger partial charge in [-0.05, 0) is 75.0 Å². The zero-order chi connectivity index (χ0) is 13.0. The zero-order valence-electron chi connectivity index (χ0n) is 12.2. The molecule has 0 aromatic rings. The number of ether oxygens (including phenoxy) is 1. The normalized spacial score (nSPS) is 47.8. The standard InChI is InChI=1S/C16H29NO/c1-11(2)18-9-14(17)16-7-12-4-13(8-16)6-15(3,5-12)10-16/h11-14H,4-10,17H2,1-3H3. The largest absolute Gasteiger partial charge is 0.377 e. The Morgan fingerprint density at radius 2 is 1.78 bits per heavy atom. The van der Waals surface area contributed by atoms with Crippen LogP contribution in [-0.4, -0.2) is 18.8 Å². The number of rotatable bonds is 4. The maximum atomic E-state index is 6.56. The van der Waals surface area contributed by atoms with E-state index in [9.17, 15) is 0 Å². The summed E-state index contributed by atoms with van der Waals surface area (Å²) in [4.78, 5) is 0. The molecule has 0 aromatic heterocycles. The molecule has 2 heteroatoms. The lowest BCUT2D eigenvalue weighted by atomic mass is 9.43. The molecule has 2 N–H and O–H groups in total. The first-order chi connectivity index (χ1) is 8.41. The van der Waals surface area contributed by atoms with Crippen molar-refractivity contribution >= 4 is 0 Å². The maximum Gasteiger partial charge on any atom is 0.0626 e. The van der Waals surface area contributed by atoms with Crippen molar-refractivity contribution in [1.82, 2.24) is 0 Å². The molecule has 0 radical (unpaired) electrons. The van der Waals surface area contributed by atoms with Crippen LogP contribution in [0.1, 0.15) is 59.3 Å². The van der Waals surface area contributed by atoms with Gasteiger partial charge in [0, 0.05) is 6.04 Å². The minimum absolute atomic E-state index is 0.255. The van der Waals surface area contributed by atoms with Crippen molar-refractivity contribution in [2.24, 2.45) is 28.4 Å². The Morgan fingerprint density at radius 3 is 2.28 bits per heavy atom. The first-order valence-corrected chi connectivity index (χ1v) is 7.78. The first-order valence-electron chi connectivity index (χ1n) is 7.78. The summed E-state index contributed by atoms with van der Waals surface area (Å²) < 4.78 is 5.80. The summed E-state index contributed by atoms with van der Waals surface area (Å²) in [6.07, 6.45) is 8.82. The van der Waals surface area contributed by atoms with E-state index < -0.39 is 0 Å². The van der Waals surface area contributed by atoms with Crippen molar-refractivity contribution in [2.75, 3.05) is 6.61 Å². The van der Waals surface area contributed by atoms with Gasteiger partial charge in [-0.15, -0.1) is 0 Å². The average molecular weight is 251 g/mol. The maximum absolute atomic E-state index is 6.56. The molecule has 0 heterocycles. The van der Waals surface area contributed by atoms with E-state index in [2.05, 4.69) is 20.8 Å². The summed E-state index contributed by atoms with van der Waals surface area (Å²) in [7, 11) is 0. The second-order valence-electron chi connectivity index (χ2n) is 8.12. The molecule has 0 aromatic carbocycles. The summed E-state index contributed by atoms with van der Waals surface area (Å²) in [5.41, 5.74) is 7.56. The quantitative estimate of drug-likeness (QED) is 0.831. The lowest BCUT2D eigenvalue weighted by Crippen LogP contribution is -2.58.